The first-order valence-corrected chi connectivity index (χ1v) is 13.1. The number of ether oxygens (including phenoxy) is 6. The minimum atomic E-state index is -0.135. The van der Waals surface area contributed by atoms with Gasteiger partial charge in [0.25, 0.3) is 0 Å². The average molecular weight is 538 g/mol. The molecule has 0 amide bonds. The van der Waals surface area contributed by atoms with Crippen LogP contribution in [0.5, 0.6) is 23.1 Å². The zero-order chi connectivity index (χ0) is 27.4. The zero-order valence-electron chi connectivity index (χ0n) is 22.4. The largest absolute Gasteiger partial charge is 0.497 e. The topological polar surface area (TPSA) is 68.3 Å². The summed E-state index contributed by atoms with van der Waals surface area (Å²) >= 11 is 0. The molecule has 0 N–H and O–H groups in total. The standard InChI is InChI=1S/C33H31NO6/c1-35-29-13-10-27(11-14-29)22-38-30-15-8-25(9-16-30)7-12-28-19-31(39-21-26-5-3-2-4-6-26)20-33(34-28)40-24-32-23-36-17-18-37-32/h2-6,8-11,13-16,19-20,32H,17-18,21-24H2,1H3. The fourth-order valence-corrected chi connectivity index (χ4v) is 3.91. The maximum absolute atomic E-state index is 6.04. The molecule has 7 nitrogen and oxygen atoms in total. The molecule has 1 unspecified atom stereocenters. The molecule has 0 radical (unpaired) electrons. The average Bonchev–Trinajstić information content (AvgIpc) is 3.02. The molecule has 1 fully saturated rings. The Labute approximate surface area is 234 Å². The van der Waals surface area contributed by atoms with E-state index in [1.165, 1.54) is 0 Å². The maximum atomic E-state index is 6.04. The van der Waals surface area contributed by atoms with Gasteiger partial charge in [-0.05, 0) is 53.4 Å². The maximum Gasteiger partial charge on any atom is 0.218 e. The van der Waals surface area contributed by atoms with Crippen molar-refractivity contribution < 1.29 is 28.4 Å². The van der Waals surface area contributed by atoms with E-state index in [1.54, 1.807) is 13.2 Å². The first-order chi connectivity index (χ1) is 19.7. The van der Waals surface area contributed by atoms with Gasteiger partial charge in [0.05, 0.1) is 26.9 Å². The monoisotopic (exact) mass is 537 g/mol. The van der Waals surface area contributed by atoms with Crippen LogP contribution in [0.3, 0.4) is 0 Å². The van der Waals surface area contributed by atoms with Crippen molar-refractivity contribution in [1.82, 2.24) is 4.98 Å². The van der Waals surface area contributed by atoms with Gasteiger partial charge in [-0.3, -0.25) is 0 Å². The van der Waals surface area contributed by atoms with Crippen LogP contribution in [0.2, 0.25) is 0 Å². The first-order valence-electron chi connectivity index (χ1n) is 13.1. The summed E-state index contributed by atoms with van der Waals surface area (Å²) in [6.07, 6.45) is -0.135. The Kier molecular flexibility index (Phi) is 9.50. The predicted octanol–water partition coefficient (Wildman–Crippen LogP) is 5.44. The van der Waals surface area contributed by atoms with Crippen LogP contribution in [0.4, 0.5) is 0 Å². The van der Waals surface area contributed by atoms with Gasteiger partial charge in [-0.2, -0.15) is 0 Å². The summed E-state index contributed by atoms with van der Waals surface area (Å²) < 4.78 is 34.2. The molecule has 0 bridgehead atoms. The molecule has 0 spiro atoms. The van der Waals surface area contributed by atoms with Gasteiger partial charge in [0.15, 0.2) is 0 Å². The van der Waals surface area contributed by atoms with Crippen LogP contribution >= 0.6 is 0 Å². The van der Waals surface area contributed by atoms with Gasteiger partial charge in [-0.15, -0.1) is 0 Å². The Morgan fingerprint density at radius 3 is 2.20 bits per heavy atom. The number of rotatable bonds is 10. The molecule has 7 heteroatoms. The summed E-state index contributed by atoms with van der Waals surface area (Å²) in [6.45, 7) is 2.89. The van der Waals surface area contributed by atoms with Gasteiger partial charge in [-0.1, -0.05) is 48.4 Å². The highest BCUT2D eigenvalue weighted by Crippen LogP contribution is 2.22. The Bertz CT molecular complexity index is 1410. The highest BCUT2D eigenvalue weighted by atomic mass is 16.6. The molecular formula is C33H31NO6. The van der Waals surface area contributed by atoms with E-state index in [9.17, 15) is 0 Å². The van der Waals surface area contributed by atoms with Crippen LogP contribution in [-0.2, 0) is 22.7 Å². The fourth-order valence-electron chi connectivity index (χ4n) is 3.91. The van der Waals surface area contributed by atoms with Crippen molar-refractivity contribution in [2.24, 2.45) is 0 Å². The molecule has 1 aliphatic heterocycles. The van der Waals surface area contributed by atoms with Crippen molar-refractivity contribution in [2.45, 2.75) is 19.3 Å². The van der Waals surface area contributed by atoms with Crippen molar-refractivity contribution in [1.29, 1.82) is 0 Å². The Morgan fingerprint density at radius 1 is 0.750 bits per heavy atom. The lowest BCUT2D eigenvalue weighted by atomic mass is 10.2. The summed E-state index contributed by atoms with van der Waals surface area (Å²) in [5.41, 5.74) is 3.51. The van der Waals surface area contributed by atoms with Gasteiger partial charge < -0.3 is 28.4 Å². The summed E-state index contributed by atoms with van der Waals surface area (Å²) in [7, 11) is 1.65. The van der Waals surface area contributed by atoms with Crippen LogP contribution < -0.4 is 18.9 Å². The van der Waals surface area contributed by atoms with E-state index >= 15 is 0 Å². The molecule has 1 atom stereocenters. The smallest absolute Gasteiger partial charge is 0.218 e. The number of pyridine rings is 1. The molecule has 5 rings (SSSR count). The van der Waals surface area contributed by atoms with Gasteiger partial charge in [-0.25, -0.2) is 4.98 Å². The van der Waals surface area contributed by atoms with E-state index in [2.05, 4.69) is 16.8 Å². The second kappa shape index (κ2) is 14.0. The fraction of sp³-hybridized carbons (Fsp3) is 0.242. The highest BCUT2D eigenvalue weighted by Gasteiger charge is 2.16. The number of hydrogen-bond acceptors (Lipinski definition) is 7. The molecule has 204 valence electrons. The van der Waals surface area contributed by atoms with E-state index < -0.39 is 0 Å². The van der Waals surface area contributed by atoms with E-state index in [0.717, 1.165) is 28.2 Å². The van der Waals surface area contributed by atoms with Gasteiger partial charge in [0.1, 0.15) is 48.9 Å². The van der Waals surface area contributed by atoms with Crippen molar-refractivity contribution in [2.75, 3.05) is 33.5 Å². The SMILES string of the molecule is COc1ccc(COc2ccc(C#Cc3cc(OCc4ccccc4)cc(OCC4COCCO4)n3)cc2)cc1. The Balaban J connectivity index is 1.25. The molecular weight excluding hydrogens is 506 g/mol. The normalized spacial score (nSPS) is 14.5. The zero-order valence-corrected chi connectivity index (χ0v) is 22.4. The van der Waals surface area contributed by atoms with Gasteiger partial charge in [0.2, 0.25) is 5.88 Å². The molecule has 1 aliphatic rings. The highest BCUT2D eigenvalue weighted by molar-refractivity contribution is 5.45. The van der Waals surface area contributed by atoms with Crippen molar-refractivity contribution in [3.8, 4) is 35.0 Å². The summed E-state index contributed by atoms with van der Waals surface area (Å²) in [5, 5.41) is 0. The van der Waals surface area contributed by atoms with Gasteiger partial charge in [0, 0.05) is 17.7 Å². The molecule has 2 heterocycles. The lowest BCUT2D eigenvalue weighted by molar-refractivity contribution is -0.102. The van der Waals surface area contributed by atoms with Crippen LogP contribution in [0.1, 0.15) is 22.4 Å². The lowest BCUT2D eigenvalue weighted by Gasteiger charge is -2.22. The second-order valence-corrected chi connectivity index (χ2v) is 9.09. The van der Waals surface area contributed by atoms with Crippen LogP contribution in [0, 0.1) is 11.8 Å². The third kappa shape index (κ3) is 8.24. The molecule has 0 saturated carbocycles. The molecule has 0 aliphatic carbocycles. The molecule has 1 saturated heterocycles. The summed E-state index contributed by atoms with van der Waals surface area (Å²) in [4.78, 5) is 4.57. The summed E-state index contributed by atoms with van der Waals surface area (Å²) in [6, 6.07) is 29.0. The number of benzene rings is 3. The number of methoxy groups -OCH3 is 1. The minimum absolute atomic E-state index is 0.135. The summed E-state index contributed by atoms with van der Waals surface area (Å²) in [5.74, 6) is 8.94. The Hall–Kier alpha value is -4.51. The third-order valence-corrected chi connectivity index (χ3v) is 6.08. The van der Waals surface area contributed by atoms with Crippen LogP contribution in [0.25, 0.3) is 0 Å². The second-order valence-electron chi connectivity index (χ2n) is 9.09. The van der Waals surface area contributed by atoms with Crippen molar-refractivity contribution >= 4 is 0 Å². The van der Waals surface area contributed by atoms with E-state index in [4.69, 9.17) is 28.4 Å². The molecule has 40 heavy (non-hydrogen) atoms. The quantitative estimate of drug-likeness (QED) is 0.250. The lowest BCUT2D eigenvalue weighted by Crippen LogP contribution is -2.33. The molecule has 3 aromatic carbocycles. The number of hydrogen-bond donors (Lipinski definition) is 0. The number of nitrogens with zero attached hydrogens (tertiary/aromatic N) is 1. The van der Waals surface area contributed by atoms with E-state index in [1.807, 2.05) is 84.9 Å². The van der Waals surface area contributed by atoms with Crippen LogP contribution in [0.15, 0.2) is 91.0 Å². The predicted molar refractivity (Wildman–Crippen MR) is 151 cm³/mol. The van der Waals surface area contributed by atoms with Crippen LogP contribution in [-0.4, -0.2) is 44.6 Å². The number of aromatic nitrogens is 1. The third-order valence-electron chi connectivity index (χ3n) is 6.08. The van der Waals surface area contributed by atoms with Gasteiger partial charge >= 0.3 is 0 Å². The van der Waals surface area contributed by atoms with E-state index in [-0.39, 0.29) is 6.10 Å². The minimum Gasteiger partial charge on any atom is -0.497 e. The molecule has 1 aromatic heterocycles. The van der Waals surface area contributed by atoms with E-state index in [0.29, 0.717) is 57.0 Å². The van der Waals surface area contributed by atoms with Crippen molar-refractivity contribution in [3.05, 3.63) is 113 Å². The first kappa shape index (κ1) is 27.1. The Morgan fingerprint density at radius 2 is 1.48 bits per heavy atom. The van der Waals surface area contributed by atoms with Crippen molar-refractivity contribution in [3.63, 3.8) is 0 Å². The molecule has 4 aromatic rings.